The van der Waals surface area contributed by atoms with Gasteiger partial charge < -0.3 is 9.05 Å². The molecule has 2 unspecified atom stereocenters. The van der Waals surface area contributed by atoms with Gasteiger partial charge in [0.25, 0.3) is 7.37 Å². The van der Waals surface area contributed by atoms with Crippen molar-refractivity contribution >= 4 is 21.0 Å². The highest BCUT2D eigenvalue weighted by molar-refractivity contribution is 7.76. The summed E-state index contributed by atoms with van der Waals surface area (Å²) >= 11 is 0. The van der Waals surface area contributed by atoms with Crippen LogP contribution in [0.2, 0.25) is 0 Å². The topological polar surface area (TPSA) is 78.9 Å². The molecule has 0 N–H and O–H groups in total. The first-order valence-corrected chi connectivity index (χ1v) is 7.91. The molecule has 6 nitrogen and oxygen atoms in total. The number of hydrogen-bond donors (Lipinski definition) is 0. The van der Waals surface area contributed by atoms with Crippen molar-refractivity contribution < 1.29 is 27.5 Å². The van der Waals surface area contributed by atoms with E-state index in [2.05, 4.69) is 0 Å². The Morgan fingerprint density at radius 2 is 1.56 bits per heavy atom. The zero-order valence-corrected chi connectivity index (χ0v) is 11.7. The molecule has 1 aliphatic heterocycles. The summed E-state index contributed by atoms with van der Waals surface area (Å²) in [6.45, 7) is 5.62. The van der Waals surface area contributed by atoms with Crippen LogP contribution in [0.15, 0.2) is 0 Å². The van der Waals surface area contributed by atoms with Crippen LogP contribution < -0.4 is 0 Å². The lowest BCUT2D eigenvalue weighted by Crippen LogP contribution is -2.40. The van der Waals surface area contributed by atoms with Crippen LogP contribution in [0.4, 0.5) is 0 Å². The van der Waals surface area contributed by atoms with Gasteiger partial charge in [0.05, 0.1) is 0 Å². The Hall–Kier alpha value is 0.01000. The quantitative estimate of drug-likeness (QED) is 0.567. The minimum Gasteiger partial charge on any atom is -0.310 e. The Kier molecular flexibility index (Phi) is 3.30. The Labute approximate surface area is 94.6 Å². The molecule has 16 heavy (non-hydrogen) atoms. The number of hydrogen-bond acceptors (Lipinski definition) is 6. The van der Waals surface area contributed by atoms with Gasteiger partial charge in [0, 0.05) is 7.11 Å². The number of carbonyl (C=O) groups is 1. The molecule has 1 fully saturated rings. The molecule has 1 heterocycles. The fraction of sp³-hybridized carbons (Fsp3) is 0.875. The van der Waals surface area contributed by atoms with E-state index >= 15 is 0 Å². The molecule has 0 spiro atoms. The van der Waals surface area contributed by atoms with Gasteiger partial charge in [-0.1, -0.05) is 0 Å². The van der Waals surface area contributed by atoms with Gasteiger partial charge in [0.2, 0.25) is 6.03 Å². The SMILES string of the molecule is COP1(=O)OC(C)(C)P(=O)(C=O)OC1(C)C. The summed E-state index contributed by atoms with van der Waals surface area (Å²) in [4.78, 5) is 10.9. The maximum atomic E-state index is 12.3. The Morgan fingerprint density at radius 3 is 1.94 bits per heavy atom. The molecule has 0 bridgehead atoms. The summed E-state index contributed by atoms with van der Waals surface area (Å²) in [5, 5.41) is -2.86. The van der Waals surface area contributed by atoms with Crippen LogP contribution in [0.1, 0.15) is 27.7 Å². The van der Waals surface area contributed by atoms with E-state index in [1.807, 2.05) is 0 Å². The molecule has 0 radical (unpaired) electrons. The van der Waals surface area contributed by atoms with E-state index in [-0.39, 0.29) is 6.03 Å². The van der Waals surface area contributed by atoms with E-state index in [1.165, 1.54) is 34.8 Å². The molecule has 0 aromatic rings. The van der Waals surface area contributed by atoms with Crippen LogP contribution in [0, 0.1) is 0 Å². The van der Waals surface area contributed by atoms with E-state index in [0.29, 0.717) is 0 Å². The maximum absolute atomic E-state index is 12.3. The average molecular weight is 270 g/mol. The summed E-state index contributed by atoms with van der Waals surface area (Å²) in [6, 6.07) is 0.230. The third-order valence-electron chi connectivity index (χ3n) is 2.49. The highest BCUT2D eigenvalue weighted by atomic mass is 31.2. The van der Waals surface area contributed by atoms with Crippen LogP contribution in [-0.2, 0) is 27.5 Å². The van der Waals surface area contributed by atoms with Crippen LogP contribution in [0.5, 0.6) is 0 Å². The van der Waals surface area contributed by atoms with E-state index in [4.69, 9.17) is 13.6 Å². The first kappa shape index (κ1) is 14.1. The van der Waals surface area contributed by atoms with Gasteiger partial charge >= 0.3 is 7.60 Å². The van der Waals surface area contributed by atoms with Crippen LogP contribution in [-0.4, -0.2) is 23.8 Å². The van der Waals surface area contributed by atoms with Gasteiger partial charge in [0.1, 0.15) is 0 Å². The molecule has 1 aliphatic rings. The van der Waals surface area contributed by atoms with Crippen LogP contribution in [0.3, 0.4) is 0 Å². The van der Waals surface area contributed by atoms with Gasteiger partial charge in [-0.3, -0.25) is 18.4 Å². The molecule has 0 saturated carbocycles. The Morgan fingerprint density at radius 1 is 1.06 bits per heavy atom. The zero-order valence-electron chi connectivity index (χ0n) is 9.92. The van der Waals surface area contributed by atoms with Crippen molar-refractivity contribution in [3.05, 3.63) is 0 Å². The van der Waals surface area contributed by atoms with Gasteiger partial charge in [-0.25, -0.2) is 0 Å². The highest BCUT2D eigenvalue weighted by Crippen LogP contribution is 2.77. The molecule has 1 saturated heterocycles. The van der Waals surface area contributed by atoms with Gasteiger partial charge in [-0.05, 0) is 27.7 Å². The molecule has 0 aromatic heterocycles. The Balaban J connectivity index is 3.31. The fourth-order valence-electron chi connectivity index (χ4n) is 1.36. The highest BCUT2D eigenvalue weighted by Gasteiger charge is 2.62. The lowest BCUT2D eigenvalue weighted by Gasteiger charge is -2.46. The second kappa shape index (κ2) is 3.76. The number of rotatable bonds is 2. The summed E-state index contributed by atoms with van der Waals surface area (Å²) in [6.07, 6.45) is 0. The third kappa shape index (κ3) is 1.83. The minimum atomic E-state index is -3.67. The monoisotopic (exact) mass is 270 g/mol. The first-order valence-electron chi connectivity index (χ1n) is 4.67. The van der Waals surface area contributed by atoms with Crippen molar-refractivity contribution in [3.63, 3.8) is 0 Å². The minimum absolute atomic E-state index is 0.230. The fourth-order valence-corrected chi connectivity index (χ4v) is 5.40. The van der Waals surface area contributed by atoms with Gasteiger partial charge in [-0.2, -0.15) is 0 Å². The summed E-state index contributed by atoms with van der Waals surface area (Å²) in [5.74, 6) is 0. The van der Waals surface area contributed by atoms with Gasteiger partial charge in [-0.15, -0.1) is 0 Å². The molecule has 94 valence electrons. The summed E-state index contributed by atoms with van der Waals surface area (Å²) in [7, 11) is -6.01. The molecule has 1 rings (SSSR count). The number of carbonyl (C=O) groups excluding carboxylic acids is 1. The molecule has 0 aromatic carbocycles. The normalized spacial score (nSPS) is 41.6. The average Bonchev–Trinajstić information content (AvgIpc) is 2.14. The summed E-state index contributed by atoms with van der Waals surface area (Å²) in [5.41, 5.74) is 0. The van der Waals surface area contributed by atoms with Crippen LogP contribution in [0.25, 0.3) is 0 Å². The molecule has 0 aliphatic carbocycles. The first-order chi connectivity index (χ1) is 7.04. The van der Waals surface area contributed by atoms with E-state index in [0.717, 1.165) is 0 Å². The summed E-state index contributed by atoms with van der Waals surface area (Å²) < 4.78 is 39.7. The molecule has 2 atom stereocenters. The predicted octanol–water partition coefficient (Wildman–Crippen LogP) is 2.81. The molecule has 8 heteroatoms. The lowest BCUT2D eigenvalue weighted by atomic mass is 10.5. The molecular weight excluding hydrogens is 254 g/mol. The lowest BCUT2D eigenvalue weighted by molar-refractivity contribution is 0.0435. The van der Waals surface area contributed by atoms with Crippen molar-refractivity contribution in [2.24, 2.45) is 0 Å². The van der Waals surface area contributed by atoms with Crippen LogP contribution >= 0.6 is 15.0 Å². The van der Waals surface area contributed by atoms with E-state index in [1.54, 1.807) is 0 Å². The second-order valence-corrected chi connectivity index (χ2v) is 9.74. The van der Waals surface area contributed by atoms with Crippen molar-refractivity contribution in [2.45, 2.75) is 38.4 Å². The van der Waals surface area contributed by atoms with Crippen molar-refractivity contribution in [1.29, 1.82) is 0 Å². The third-order valence-corrected chi connectivity index (χ3v) is 7.97. The second-order valence-electron chi connectivity index (χ2n) is 4.46. The Bertz CT molecular complexity index is 399. The van der Waals surface area contributed by atoms with E-state index < -0.39 is 25.6 Å². The van der Waals surface area contributed by atoms with Crippen molar-refractivity contribution in [3.8, 4) is 0 Å². The molecule has 0 amide bonds. The van der Waals surface area contributed by atoms with E-state index in [9.17, 15) is 13.9 Å². The zero-order chi connectivity index (χ0) is 12.8. The van der Waals surface area contributed by atoms with Crippen molar-refractivity contribution in [1.82, 2.24) is 0 Å². The molecular formula is C8H16O6P2. The maximum Gasteiger partial charge on any atom is 0.362 e. The smallest absolute Gasteiger partial charge is 0.310 e. The predicted molar refractivity (Wildman–Crippen MR) is 59.3 cm³/mol. The largest absolute Gasteiger partial charge is 0.362 e. The van der Waals surface area contributed by atoms with Crippen molar-refractivity contribution in [2.75, 3.05) is 7.11 Å². The standard InChI is InChI=1S/C8H16O6P2/c1-7(2)14-16(11,12-5)8(3,4)13-15(7,10)6-9/h6H,1-5H3. The van der Waals surface area contributed by atoms with Gasteiger partial charge in [0.15, 0.2) is 10.7 Å².